The second-order valence-corrected chi connectivity index (χ2v) is 0.346. The number of rotatable bonds is 0. The maximum Gasteiger partial charge on any atom is 2.00 e. The van der Waals surface area contributed by atoms with Crippen LogP contribution >= 0.6 is 0 Å². The van der Waals surface area contributed by atoms with Gasteiger partial charge in [0.05, 0.1) is 0 Å². The van der Waals surface area contributed by atoms with Crippen LogP contribution in [0.5, 0.6) is 0 Å². The molecule has 0 unspecified atom stereocenters. The zero-order valence-corrected chi connectivity index (χ0v) is 6.16. The Morgan fingerprint density at radius 3 is 1.00 bits per heavy atom. The van der Waals surface area contributed by atoms with Crippen molar-refractivity contribution in [2.45, 2.75) is 0 Å². The molecule has 0 aromatic heterocycles. The van der Waals surface area contributed by atoms with Crippen molar-refractivity contribution in [2.24, 2.45) is 0 Å². The molecule has 32 valence electrons. The second-order valence-electron chi connectivity index (χ2n) is 0.346. The first-order valence-electron chi connectivity index (χ1n) is 0.775. The minimum Gasteiger partial charge on any atom is -1.00 e. The summed E-state index contributed by atoms with van der Waals surface area (Å²) < 4.78 is 0. The Labute approximate surface area is 74.2 Å². The van der Waals surface area contributed by atoms with Crippen molar-refractivity contribution in [3.8, 4) is 0 Å². The van der Waals surface area contributed by atoms with E-state index in [0.717, 1.165) is 0 Å². The average Bonchev–Trinajstić information content (AvgIpc) is 0.811. The largest absolute Gasteiger partial charge is 2.00 e. The zero-order chi connectivity index (χ0) is 3.58. The van der Waals surface area contributed by atoms with Gasteiger partial charge in [0, 0.05) is 0 Å². The van der Waals surface area contributed by atoms with Crippen LogP contribution in [0, 0.1) is 0 Å². The van der Waals surface area contributed by atoms with Crippen LogP contribution in [0.25, 0.3) is 0 Å². The molecule has 3 N–H and O–H groups in total. The summed E-state index contributed by atoms with van der Waals surface area (Å²) in [6.07, 6.45) is 0. The Morgan fingerprint density at radius 2 is 1.00 bits per heavy atom. The van der Waals surface area contributed by atoms with Gasteiger partial charge in [-0.15, -0.1) is 0 Å². The molecule has 0 amide bonds. The van der Waals surface area contributed by atoms with Gasteiger partial charge in [-0.1, -0.05) is 0 Å². The molecule has 0 fully saturated rings. The summed E-state index contributed by atoms with van der Waals surface area (Å²) in [4.78, 5) is 0. The summed E-state index contributed by atoms with van der Waals surface area (Å²) in [6, 6.07) is 0. The third kappa shape index (κ3) is 50.3. The number of hydrogen-bond donors (Lipinski definition) is 3. The van der Waals surface area contributed by atoms with Crippen molar-refractivity contribution in [3.05, 3.63) is 0 Å². The van der Waals surface area contributed by atoms with Crippen molar-refractivity contribution in [3.63, 3.8) is 0 Å². The molecule has 3 nitrogen and oxygen atoms in total. The summed E-state index contributed by atoms with van der Waals surface area (Å²) >= 11 is 0. The van der Waals surface area contributed by atoms with E-state index in [9.17, 15) is 0 Å². The zero-order valence-electron chi connectivity index (χ0n) is 7.33. The standard InChI is InChI=1S/BH3O3.2Mg.4H/c2-1(3)4;;;;;;/h2-4H;;;;;;/q;2*+2;4*-1. The van der Waals surface area contributed by atoms with Gasteiger partial charge >= 0.3 is 53.4 Å². The average molecular weight is 114 g/mol. The molecule has 6 heteroatoms. The maximum absolute atomic E-state index is 7.17. The second kappa shape index (κ2) is 9.69. The first-order chi connectivity index (χ1) is 1.73. The molecule has 0 heterocycles. The van der Waals surface area contributed by atoms with Crippen LogP contribution in [0.15, 0.2) is 0 Å². The topological polar surface area (TPSA) is 60.7 Å². The van der Waals surface area contributed by atoms with Gasteiger partial charge < -0.3 is 20.8 Å². The van der Waals surface area contributed by atoms with Gasteiger partial charge in [0.1, 0.15) is 0 Å². The molecule has 0 aliphatic carbocycles. The third-order valence-electron chi connectivity index (χ3n) is 0. The minimum atomic E-state index is -2.17. The van der Waals surface area contributed by atoms with Crippen LogP contribution in [-0.4, -0.2) is 68.5 Å². The minimum absolute atomic E-state index is 0. The third-order valence-corrected chi connectivity index (χ3v) is 0. The Bertz CT molecular complexity index is 23.2. The first kappa shape index (κ1) is 15.6. The summed E-state index contributed by atoms with van der Waals surface area (Å²) in [5.41, 5.74) is 0. The van der Waals surface area contributed by atoms with Crippen LogP contribution in [0.1, 0.15) is 5.71 Å². The summed E-state index contributed by atoms with van der Waals surface area (Å²) in [6.45, 7) is 0. The van der Waals surface area contributed by atoms with E-state index >= 15 is 0 Å². The van der Waals surface area contributed by atoms with Crippen LogP contribution in [-0.2, 0) is 0 Å². The molecule has 0 bridgehead atoms. The van der Waals surface area contributed by atoms with Gasteiger partial charge in [-0.2, -0.15) is 0 Å². The molecular weight excluding hydrogens is 107 g/mol. The van der Waals surface area contributed by atoms with E-state index in [-0.39, 0.29) is 51.8 Å². The fourth-order valence-electron chi connectivity index (χ4n) is 0. The van der Waals surface area contributed by atoms with Crippen molar-refractivity contribution in [1.82, 2.24) is 0 Å². The van der Waals surface area contributed by atoms with Crippen molar-refractivity contribution < 1.29 is 20.8 Å². The van der Waals surface area contributed by atoms with Crippen LogP contribution in [0.4, 0.5) is 0 Å². The fourth-order valence-corrected chi connectivity index (χ4v) is 0. The quantitative estimate of drug-likeness (QED) is 0.309. The van der Waals surface area contributed by atoms with Gasteiger partial charge in [-0.3, -0.25) is 0 Å². The molecule has 0 aromatic rings. The van der Waals surface area contributed by atoms with Crippen LogP contribution < -0.4 is 0 Å². The SMILES string of the molecule is OB(O)O.[H-].[H-].[H-].[H-].[Mg+2].[Mg+2]. The predicted molar refractivity (Wildman–Crippen MR) is 28.4 cm³/mol. The van der Waals surface area contributed by atoms with Crippen molar-refractivity contribution in [1.29, 1.82) is 0 Å². The van der Waals surface area contributed by atoms with E-state index in [2.05, 4.69) is 0 Å². The molecule has 0 saturated carbocycles. The van der Waals surface area contributed by atoms with Gasteiger partial charge in [0.2, 0.25) is 0 Å². The first-order valence-corrected chi connectivity index (χ1v) is 0.775. The Balaban J connectivity index is -0.00000000300. The summed E-state index contributed by atoms with van der Waals surface area (Å²) in [5.74, 6) is 0. The molecule has 0 rings (SSSR count). The van der Waals surface area contributed by atoms with E-state index in [1.54, 1.807) is 0 Å². The smallest absolute Gasteiger partial charge is 1.00 e. The van der Waals surface area contributed by atoms with Crippen molar-refractivity contribution >= 4 is 53.4 Å². The van der Waals surface area contributed by atoms with E-state index in [1.807, 2.05) is 0 Å². The van der Waals surface area contributed by atoms with E-state index in [4.69, 9.17) is 15.1 Å². The number of hydrogen-bond acceptors (Lipinski definition) is 3. The molecule has 0 aromatic carbocycles. The molecular formula is H7BMg2O3. The Hall–Kier alpha value is 1.48. The van der Waals surface area contributed by atoms with Gasteiger partial charge in [0.25, 0.3) is 0 Å². The molecule has 0 aliphatic heterocycles. The predicted octanol–water partition coefficient (Wildman–Crippen LogP) is -2.36. The van der Waals surface area contributed by atoms with Gasteiger partial charge in [-0.25, -0.2) is 0 Å². The molecule has 0 spiro atoms. The van der Waals surface area contributed by atoms with Gasteiger partial charge in [0.15, 0.2) is 0 Å². The monoisotopic (exact) mass is 114 g/mol. The molecule has 6 heavy (non-hydrogen) atoms. The summed E-state index contributed by atoms with van der Waals surface area (Å²) in [7, 11) is -2.17. The van der Waals surface area contributed by atoms with Crippen LogP contribution in [0.2, 0.25) is 0 Å². The van der Waals surface area contributed by atoms with Crippen LogP contribution in [0.3, 0.4) is 0 Å². The van der Waals surface area contributed by atoms with E-state index in [0.29, 0.717) is 0 Å². The normalized spacial score (nSPS) is 4.50. The molecule has 0 aliphatic rings. The van der Waals surface area contributed by atoms with Crippen molar-refractivity contribution in [2.75, 3.05) is 0 Å². The maximum atomic E-state index is 7.17. The van der Waals surface area contributed by atoms with E-state index in [1.165, 1.54) is 0 Å². The fraction of sp³-hybridized carbons (Fsp3) is 0. The molecule has 0 atom stereocenters. The Morgan fingerprint density at radius 1 is 1.00 bits per heavy atom. The molecule has 0 radical (unpaired) electrons. The van der Waals surface area contributed by atoms with Gasteiger partial charge in [-0.05, 0) is 0 Å². The summed E-state index contributed by atoms with van der Waals surface area (Å²) in [5, 5.41) is 21.5. The van der Waals surface area contributed by atoms with E-state index < -0.39 is 7.32 Å². The Kier molecular flexibility index (Phi) is 25.3. The molecule has 0 saturated heterocycles.